The van der Waals surface area contributed by atoms with Gasteiger partial charge in [0.15, 0.2) is 0 Å². The summed E-state index contributed by atoms with van der Waals surface area (Å²) < 4.78 is 0. The van der Waals surface area contributed by atoms with Crippen molar-refractivity contribution in [2.75, 3.05) is 0 Å². The van der Waals surface area contributed by atoms with Gasteiger partial charge in [-0.25, -0.2) is 0 Å². The van der Waals surface area contributed by atoms with Gasteiger partial charge in [-0.3, -0.25) is 0 Å². The summed E-state index contributed by atoms with van der Waals surface area (Å²) in [7, 11) is 0. The largest absolute Gasteiger partial charge is 0.0654 e. The predicted molar refractivity (Wildman–Crippen MR) is 52.8 cm³/mol. The van der Waals surface area contributed by atoms with Gasteiger partial charge in [0.1, 0.15) is 0 Å². The van der Waals surface area contributed by atoms with Crippen LogP contribution in [-0.4, -0.2) is 0 Å². The highest BCUT2D eigenvalue weighted by Crippen LogP contribution is 2.13. The number of hydrogen-bond acceptors (Lipinski definition) is 0. The molecule has 0 N–H and O–H groups in total. The Morgan fingerprint density at radius 2 is 1.55 bits per heavy atom. The molecule has 0 radical (unpaired) electrons. The van der Waals surface area contributed by atoms with Crippen molar-refractivity contribution in [3.05, 3.63) is 0 Å². The van der Waals surface area contributed by atoms with Crippen LogP contribution >= 0.6 is 0 Å². The van der Waals surface area contributed by atoms with E-state index in [9.17, 15) is 0 Å². The van der Waals surface area contributed by atoms with Gasteiger partial charge in [0.25, 0.3) is 0 Å². The molecule has 0 heteroatoms. The van der Waals surface area contributed by atoms with E-state index in [2.05, 4.69) is 20.8 Å². The molecule has 0 bridgehead atoms. The van der Waals surface area contributed by atoms with E-state index in [1.807, 2.05) is 0 Å². The van der Waals surface area contributed by atoms with Crippen LogP contribution in [0.2, 0.25) is 0 Å². The van der Waals surface area contributed by atoms with Crippen molar-refractivity contribution in [1.82, 2.24) is 0 Å². The summed E-state index contributed by atoms with van der Waals surface area (Å²) >= 11 is 0. The molecule has 0 aromatic rings. The summed E-state index contributed by atoms with van der Waals surface area (Å²) in [5.41, 5.74) is 0. The maximum atomic E-state index is 2.36. The highest BCUT2D eigenvalue weighted by atomic mass is 14.0. The lowest BCUT2D eigenvalue weighted by Crippen LogP contribution is -1.91. The standard InChI is InChI=1S/C11H24/c1-4-6-7-8-9-10-11(3)5-2/h11H,4-10H2,1-3H3/t11-/m0/s1. The summed E-state index contributed by atoms with van der Waals surface area (Å²) in [6.07, 6.45) is 9.96. The van der Waals surface area contributed by atoms with Crippen LogP contribution in [0.5, 0.6) is 0 Å². The highest BCUT2D eigenvalue weighted by molar-refractivity contribution is 4.50. The molecule has 0 aromatic heterocycles. The number of rotatable bonds is 7. The molecule has 0 unspecified atom stereocenters. The summed E-state index contributed by atoms with van der Waals surface area (Å²) in [5, 5.41) is 0. The molecule has 0 fully saturated rings. The van der Waals surface area contributed by atoms with Gasteiger partial charge in [0, 0.05) is 0 Å². The maximum Gasteiger partial charge on any atom is -0.0445 e. The molecule has 0 saturated carbocycles. The van der Waals surface area contributed by atoms with Crippen molar-refractivity contribution in [2.45, 2.75) is 65.7 Å². The minimum Gasteiger partial charge on any atom is -0.0654 e. The Bertz CT molecular complexity index is 66.4. The first-order chi connectivity index (χ1) is 5.31. The average molecular weight is 156 g/mol. The van der Waals surface area contributed by atoms with Crippen LogP contribution in [0.1, 0.15) is 65.7 Å². The van der Waals surface area contributed by atoms with Crippen molar-refractivity contribution < 1.29 is 0 Å². The quantitative estimate of drug-likeness (QED) is 0.479. The fraction of sp³-hybridized carbons (Fsp3) is 1.00. The molecule has 0 heterocycles. The molecule has 0 saturated heterocycles. The number of unbranched alkanes of at least 4 members (excludes halogenated alkanes) is 4. The SMILES string of the molecule is CCCCCCC[C@@H](C)CC. The van der Waals surface area contributed by atoms with Crippen molar-refractivity contribution in [2.24, 2.45) is 5.92 Å². The van der Waals surface area contributed by atoms with E-state index in [1.165, 1.54) is 44.9 Å². The van der Waals surface area contributed by atoms with Gasteiger partial charge in [0.05, 0.1) is 0 Å². The van der Waals surface area contributed by atoms with Gasteiger partial charge >= 0.3 is 0 Å². The third kappa shape index (κ3) is 7.90. The smallest absolute Gasteiger partial charge is 0.0445 e. The van der Waals surface area contributed by atoms with Crippen LogP contribution < -0.4 is 0 Å². The molecule has 0 aliphatic rings. The third-order valence-electron chi connectivity index (χ3n) is 2.50. The van der Waals surface area contributed by atoms with E-state index < -0.39 is 0 Å². The Labute approximate surface area is 72.4 Å². The Hall–Kier alpha value is 0. The van der Waals surface area contributed by atoms with Gasteiger partial charge in [-0.15, -0.1) is 0 Å². The molecule has 1 atom stereocenters. The van der Waals surface area contributed by atoms with Crippen molar-refractivity contribution in [1.29, 1.82) is 0 Å². The van der Waals surface area contributed by atoms with E-state index in [1.54, 1.807) is 0 Å². The predicted octanol–water partition coefficient (Wildman–Crippen LogP) is 4.39. The van der Waals surface area contributed by atoms with Gasteiger partial charge < -0.3 is 0 Å². The Morgan fingerprint density at radius 1 is 0.909 bits per heavy atom. The van der Waals surface area contributed by atoms with Crippen molar-refractivity contribution in [3.8, 4) is 0 Å². The van der Waals surface area contributed by atoms with Crippen LogP contribution in [0.25, 0.3) is 0 Å². The lowest BCUT2D eigenvalue weighted by Gasteiger charge is -2.06. The molecular weight excluding hydrogens is 132 g/mol. The van der Waals surface area contributed by atoms with Crippen molar-refractivity contribution >= 4 is 0 Å². The van der Waals surface area contributed by atoms with E-state index in [-0.39, 0.29) is 0 Å². The molecule has 11 heavy (non-hydrogen) atoms. The average Bonchev–Trinajstić information content (AvgIpc) is 2.04. The summed E-state index contributed by atoms with van der Waals surface area (Å²) in [5.74, 6) is 0.955. The molecule has 0 spiro atoms. The molecule has 0 rings (SSSR count). The van der Waals surface area contributed by atoms with E-state index in [0.717, 1.165) is 5.92 Å². The van der Waals surface area contributed by atoms with Crippen LogP contribution in [0.4, 0.5) is 0 Å². The van der Waals surface area contributed by atoms with Crippen LogP contribution in [0, 0.1) is 5.92 Å². The maximum absolute atomic E-state index is 2.36. The lowest BCUT2D eigenvalue weighted by molar-refractivity contribution is 0.474. The zero-order valence-electron chi connectivity index (χ0n) is 8.53. The Morgan fingerprint density at radius 3 is 2.09 bits per heavy atom. The highest BCUT2D eigenvalue weighted by Gasteiger charge is 1.97. The van der Waals surface area contributed by atoms with Crippen LogP contribution in [0.3, 0.4) is 0 Å². The molecule has 0 amide bonds. The second kappa shape index (κ2) is 8.10. The molecule has 68 valence electrons. The normalized spacial score (nSPS) is 13.4. The zero-order chi connectivity index (χ0) is 8.53. The molecule has 0 aromatic carbocycles. The van der Waals surface area contributed by atoms with E-state index >= 15 is 0 Å². The molecule has 0 aliphatic carbocycles. The monoisotopic (exact) mass is 156 g/mol. The van der Waals surface area contributed by atoms with Gasteiger partial charge in [-0.2, -0.15) is 0 Å². The van der Waals surface area contributed by atoms with Gasteiger partial charge in [-0.05, 0) is 5.92 Å². The van der Waals surface area contributed by atoms with Crippen LogP contribution in [-0.2, 0) is 0 Å². The Kier molecular flexibility index (Phi) is 8.10. The first-order valence-corrected chi connectivity index (χ1v) is 5.31. The minimum absolute atomic E-state index is 0.955. The minimum atomic E-state index is 0.955. The Balaban J connectivity index is 2.89. The first-order valence-electron chi connectivity index (χ1n) is 5.31. The third-order valence-corrected chi connectivity index (χ3v) is 2.50. The second-order valence-corrected chi connectivity index (χ2v) is 3.72. The summed E-state index contributed by atoms with van der Waals surface area (Å²) in [4.78, 5) is 0. The summed E-state index contributed by atoms with van der Waals surface area (Å²) in [6.45, 7) is 6.92. The molecule has 0 aliphatic heterocycles. The van der Waals surface area contributed by atoms with Crippen molar-refractivity contribution in [3.63, 3.8) is 0 Å². The fourth-order valence-corrected chi connectivity index (χ4v) is 1.30. The summed E-state index contributed by atoms with van der Waals surface area (Å²) in [6, 6.07) is 0. The molecular formula is C11H24. The second-order valence-electron chi connectivity index (χ2n) is 3.72. The first kappa shape index (κ1) is 11.0. The lowest BCUT2D eigenvalue weighted by atomic mass is 10.0. The number of hydrogen-bond donors (Lipinski definition) is 0. The van der Waals surface area contributed by atoms with Crippen LogP contribution in [0.15, 0.2) is 0 Å². The van der Waals surface area contributed by atoms with E-state index in [4.69, 9.17) is 0 Å². The van der Waals surface area contributed by atoms with Gasteiger partial charge in [0.2, 0.25) is 0 Å². The van der Waals surface area contributed by atoms with E-state index in [0.29, 0.717) is 0 Å². The zero-order valence-corrected chi connectivity index (χ0v) is 8.53. The van der Waals surface area contributed by atoms with Gasteiger partial charge in [-0.1, -0.05) is 65.7 Å². The fourth-order valence-electron chi connectivity index (χ4n) is 1.30. The topological polar surface area (TPSA) is 0 Å². The molecule has 0 nitrogen and oxygen atoms in total.